The summed E-state index contributed by atoms with van der Waals surface area (Å²) in [5.74, 6) is -1.07. The van der Waals surface area contributed by atoms with Crippen LogP contribution in [0.2, 0.25) is 0 Å². The topological polar surface area (TPSA) is 95.9 Å². The van der Waals surface area contributed by atoms with Crippen molar-refractivity contribution < 1.29 is 23.1 Å². The highest BCUT2D eigenvalue weighted by molar-refractivity contribution is 7.87. The lowest BCUT2D eigenvalue weighted by atomic mass is 10.1. The van der Waals surface area contributed by atoms with E-state index in [-0.39, 0.29) is 37.6 Å². The Morgan fingerprint density at radius 1 is 1.35 bits per heavy atom. The monoisotopic (exact) mass is 308 g/mol. The summed E-state index contributed by atoms with van der Waals surface area (Å²) >= 11 is 0. The van der Waals surface area contributed by atoms with Crippen LogP contribution in [0.3, 0.4) is 0 Å². The van der Waals surface area contributed by atoms with Crippen LogP contribution in [0.1, 0.15) is 34.1 Å². The van der Waals surface area contributed by atoms with Crippen molar-refractivity contribution >= 4 is 16.2 Å². The van der Waals surface area contributed by atoms with Gasteiger partial charge in [-0.05, 0) is 26.2 Å². The van der Waals surface area contributed by atoms with Gasteiger partial charge in [0, 0.05) is 13.1 Å². The molecular formula is C12H24N2O5S. The number of hydrogen-bond donors (Lipinski definition) is 2. The number of nitrogens with one attached hydrogen (secondary N) is 1. The van der Waals surface area contributed by atoms with E-state index in [0.717, 1.165) is 0 Å². The fourth-order valence-electron chi connectivity index (χ4n) is 2.25. The molecule has 1 heterocycles. The molecule has 0 radical (unpaired) electrons. The Morgan fingerprint density at radius 3 is 2.25 bits per heavy atom. The molecule has 0 saturated carbocycles. The zero-order valence-corrected chi connectivity index (χ0v) is 13.2. The van der Waals surface area contributed by atoms with Gasteiger partial charge in [0.2, 0.25) is 0 Å². The first-order valence-corrected chi connectivity index (χ1v) is 8.21. The van der Waals surface area contributed by atoms with Gasteiger partial charge in [0.05, 0.1) is 12.2 Å². The average molecular weight is 308 g/mol. The third-order valence-electron chi connectivity index (χ3n) is 3.02. The van der Waals surface area contributed by atoms with Crippen LogP contribution in [-0.4, -0.2) is 55.1 Å². The summed E-state index contributed by atoms with van der Waals surface area (Å²) in [5, 5.41) is 9.12. The van der Waals surface area contributed by atoms with Gasteiger partial charge < -0.3 is 9.84 Å². The van der Waals surface area contributed by atoms with E-state index in [4.69, 9.17) is 9.84 Å². The molecule has 0 amide bonds. The van der Waals surface area contributed by atoms with Crippen molar-refractivity contribution in [2.45, 2.75) is 52.4 Å². The molecule has 2 N–H and O–H groups in total. The van der Waals surface area contributed by atoms with Gasteiger partial charge in [-0.25, -0.2) is 0 Å². The van der Waals surface area contributed by atoms with Crippen LogP contribution in [0.4, 0.5) is 0 Å². The van der Waals surface area contributed by atoms with Gasteiger partial charge in [-0.3, -0.25) is 4.79 Å². The molecular weight excluding hydrogens is 284 g/mol. The zero-order valence-electron chi connectivity index (χ0n) is 12.4. The first-order chi connectivity index (χ1) is 9.11. The van der Waals surface area contributed by atoms with Crippen molar-refractivity contribution in [2.24, 2.45) is 5.92 Å². The molecule has 20 heavy (non-hydrogen) atoms. The minimum Gasteiger partial charge on any atom is -0.480 e. The molecule has 0 spiro atoms. The van der Waals surface area contributed by atoms with Crippen LogP contribution in [0.15, 0.2) is 0 Å². The minimum absolute atomic E-state index is 0.0846. The van der Waals surface area contributed by atoms with E-state index < -0.39 is 22.2 Å². The fraction of sp³-hybridized carbons (Fsp3) is 0.917. The molecule has 1 aliphatic rings. The highest BCUT2D eigenvalue weighted by Crippen LogP contribution is 2.15. The zero-order chi connectivity index (χ0) is 15.5. The molecule has 1 rings (SSSR count). The molecule has 0 aromatic rings. The number of hydrogen-bond acceptors (Lipinski definition) is 4. The van der Waals surface area contributed by atoms with Crippen molar-refractivity contribution in [1.29, 1.82) is 0 Å². The summed E-state index contributed by atoms with van der Waals surface area (Å²) in [4.78, 5) is 11.2. The summed E-state index contributed by atoms with van der Waals surface area (Å²) in [6, 6.07) is -1.10. The highest BCUT2D eigenvalue weighted by atomic mass is 32.2. The molecule has 0 aliphatic carbocycles. The summed E-state index contributed by atoms with van der Waals surface area (Å²) in [6.07, 6.45) is -0.156. The van der Waals surface area contributed by atoms with Crippen LogP contribution in [0.5, 0.6) is 0 Å². The molecule has 3 atom stereocenters. The van der Waals surface area contributed by atoms with E-state index in [2.05, 4.69) is 4.72 Å². The number of carboxylic acid groups (broad SMARTS) is 1. The van der Waals surface area contributed by atoms with Gasteiger partial charge in [-0.1, -0.05) is 13.8 Å². The van der Waals surface area contributed by atoms with Crippen LogP contribution >= 0.6 is 0 Å². The summed E-state index contributed by atoms with van der Waals surface area (Å²) < 4.78 is 33.5. The lowest BCUT2D eigenvalue weighted by Crippen LogP contribution is -2.55. The molecule has 0 aromatic heterocycles. The molecule has 118 valence electrons. The van der Waals surface area contributed by atoms with E-state index in [1.165, 1.54) is 4.31 Å². The maximum Gasteiger partial charge on any atom is 0.321 e. The summed E-state index contributed by atoms with van der Waals surface area (Å²) in [5.41, 5.74) is 0. The number of carboxylic acids is 1. The van der Waals surface area contributed by atoms with Gasteiger partial charge in [0.1, 0.15) is 6.04 Å². The van der Waals surface area contributed by atoms with E-state index in [0.29, 0.717) is 0 Å². The Labute approximate surface area is 120 Å². The number of carbonyl (C=O) groups is 1. The lowest BCUT2D eigenvalue weighted by molar-refractivity contribution is -0.139. The first-order valence-electron chi connectivity index (χ1n) is 6.77. The third-order valence-corrected chi connectivity index (χ3v) is 4.58. The Balaban J connectivity index is 2.79. The lowest BCUT2D eigenvalue weighted by Gasteiger charge is -2.35. The SMILES string of the molecule is CC(C)C[C@H](NS(=O)(=O)N1CC(C)OC(C)C1)C(=O)O. The van der Waals surface area contributed by atoms with Gasteiger partial charge in [-0.15, -0.1) is 0 Å². The van der Waals surface area contributed by atoms with Crippen molar-refractivity contribution in [2.75, 3.05) is 13.1 Å². The molecule has 1 fully saturated rings. The maximum atomic E-state index is 12.3. The fourth-order valence-corrected chi connectivity index (χ4v) is 3.77. The normalized spacial score (nSPS) is 26.6. The standard InChI is InChI=1S/C12H24N2O5S/c1-8(2)5-11(12(15)16)13-20(17,18)14-6-9(3)19-10(4)7-14/h8-11,13H,5-7H2,1-4H3,(H,15,16)/t9?,10?,11-/m0/s1. The molecule has 2 unspecified atom stereocenters. The van der Waals surface area contributed by atoms with Gasteiger partial charge in [0.15, 0.2) is 0 Å². The van der Waals surface area contributed by atoms with Crippen LogP contribution in [0.25, 0.3) is 0 Å². The Bertz CT molecular complexity index is 427. The third kappa shape index (κ3) is 5.01. The van der Waals surface area contributed by atoms with Crippen LogP contribution in [-0.2, 0) is 19.7 Å². The largest absolute Gasteiger partial charge is 0.480 e. The molecule has 7 nitrogen and oxygen atoms in total. The predicted molar refractivity (Wildman–Crippen MR) is 74.5 cm³/mol. The molecule has 1 saturated heterocycles. The van der Waals surface area contributed by atoms with Gasteiger partial charge in [-0.2, -0.15) is 17.4 Å². The van der Waals surface area contributed by atoms with E-state index in [1.54, 1.807) is 13.8 Å². The van der Waals surface area contributed by atoms with Crippen LogP contribution < -0.4 is 4.72 Å². The van der Waals surface area contributed by atoms with Crippen molar-refractivity contribution in [3.8, 4) is 0 Å². The maximum absolute atomic E-state index is 12.3. The summed E-state index contributed by atoms with van der Waals surface area (Å²) in [6.45, 7) is 7.75. The Hall–Kier alpha value is -0.700. The Kier molecular flexibility index (Phi) is 5.93. The number of rotatable bonds is 6. The second-order valence-electron chi connectivity index (χ2n) is 5.72. The quantitative estimate of drug-likeness (QED) is 0.742. The summed E-state index contributed by atoms with van der Waals surface area (Å²) in [7, 11) is -3.82. The number of ether oxygens (including phenoxy) is 1. The highest BCUT2D eigenvalue weighted by Gasteiger charge is 2.34. The molecule has 0 aromatic carbocycles. The second kappa shape index (κ2) is 6.84. The van der Waals surface area contributed by atoms with E-state index in [1.807, 2.05) is 13.8 Å². The smallest absolute Gasteiger partial charge is 0.321 e. The van der Waals surface area contributed by atoms with Crippen molar-refractivity contribution in [3.05, 3.63) is 0 Å². The van der Waals surface area contributed by atoms with Gasteiger partial charge >= 0.3 is 5.97 Å². The van der Waals surface area contributed by atoms with E-state index in [9.17, 15) is 13.2 Å². The van der Waals surface area contributed by atoms with Crippen molar-refractivity contribution in [1.82, 2.24) is 9.03 Å². The van der Waals surface area contributed by atoms with Crippen molar-refractivity contribution in [3.63, 3.8) is 0 Å². The minimum atomic E-state index is -3.82. The average Bonchev–Trinajstić information content (AvgIpc) is 2.25. The van der Waals surface area contributed by atoms with Crippen LogP contribution in [0, 0.1) is 5.92 Å². The first kappa shape index (κ1) is 17.4. The Morgan fingerprint density at radius 2 is 1.85 bits per heavy atom. The molecule has 0 bridgehead atoms. The number of aliphatic carboxylic acids is 1. The number of morpholine rings is 1. The molecule has 1 aliphatic heterocycles. The predicted octanol–water partition coefficient (Wildman–Crippen LogP) is 0.429. The van der Waals surface area contributed by atoms with E-state index >= 15 is 0 Å². The molecule has 8 heteroatoms. The second-order valence-corrected chi connectivity index (χ2v) is 7.42. The van der Waals surface area contributed by atoms with Gasteiger partial charge in [0.25, 0.3) is 10.2 Å². The number of nitrogens with zero attached hydrogens (tertiary/aromatic N) is 1.